The molecule has 1 aromatic carbocycles. The van der Waals surface area contributed by atoms with E-state index >= 15 is 0 Å². The Balaban J connectivity index is 2.54. The molecule has 0 aromatic heterocycles. The fourth-order valence-electron chi connectivity index (χ4n) is 1.25. The first kappa shape index (κ1) is 12.1. The van der Waals surface area contributed by atoms with E-state index in [2.05, 4.69) is 0 Å². The minimum atomic E-state index is -0.266. The predicted octanol–water partition coefficient (Wildman–Crippen LogP) is 1.45. The zero-order valence-corrected chi connectivity index (χ0v) is 8.83. The summed E-state index contributed by atoms with van der Waals surface area (Å²) in [5, 5.41) is 0. The van der Waals surface area contributed by atoms with Crippen LogP contribution in [0.25, 0.3) is 0 Å². The number of rotatable bonds is 6. The van der Waals surface area contributed by atoms with Crippen LogP contribution < -0.4 is 5.73 Å². The molecule has 0 saturated heterocycles. The summed E-state index contributed by atoms with van der Waals surface area (Å²) >= 11 is 0. The molecule has 1 aromatic rings. The molecule has 15 heavy (non-hydrogen) atoms. The average molecular weight is 213 g/mol. The third kappa shape index (κ3) is 3.95. The first-order chi connectivity index (χ1) is 7.27. The number of hydrogen-bond acceptors (Lipinski definition) is 3. The zero-order valence-electron chi connectivity index (χ0n) is 8.83. The largest absolute Gasteiger partial charge is 0.382 e. The van der Waals surface area contributed by atoms with Crippen LogP contribution in [0.15, 0.2) is 18.2 Å². The molecule has 2 N–H and O–H groups in total. The molecule has 0 fully saturated rings. The van der Waals surface area contributed by atoms with Crippen molar-refractivity contribution in [3.63, 3.8) is 0 Å². The molecule has 0 unspecified atom stereocenters. The lowest BCUT2D eigenvalue weighted by atomic mass is 10.1. The fourth-order valence-corrected chi connectivity index (χ4v) is 1.25. The summed E-state index contributed by atoms with van der Waals surface area (Å²) in [4.78, 5) is 0. The van der Waals surface area contributed by atoms with E-state index in [-0.39, 0.29) is 5.82 Å². The van der Waals surface area contributed by atoms with Gasteiger partial charge in [0.25, 0.3) is 0 Å². The van der Waals surface area contributed by atoms with Crippen molar-refractivity contribution in [3.8, 4) is 0 Å². The van der Waals surface area contributed by atoms with Gasteiger partial charge in [-0.05, 0) is 23.3 Å². The Morgan fingerprint density at radius 1 is 1.27 bits per heavy atom. The molecular formula is C11H16FNO2. The zero-order chi connectivity index (χ0) is 11.1. The summed E-state index contributed by atoms with van der Waals surface area (Å²) in [5.74, 6) is -0.266. The first-order valence-electron chi connectivity index (χ1n) is 4.82. The maximum absolute atomic E-state index is 12.9. The van der Waals surface area contributed by atoms with Crippen molar-refractivity contribution in [1.82, 2.24) is 0 Å². The number of ether oxygens (including phenoxy) is 2. The third-order valence-corrected chi connectivity index (χ3v) is 2.08. The van der Waals surface area contributed by atoms with Crippen LogP contribution in [0.1, 0.15) is 11.1 Å². The Kier molecular flexibility index (Phi) is 5.25. The van der Waals surface area contributed by atoms with E-state index in [1.165, 1.54) is 12.1 Å². The van der Waals surface area contributed by atoms with Crippen LogP contribution in [0.2, 0.25) is 0 Å². The number of methoxy groups -OCH3 is 1. The van der Waals surface area contributed by atoms with Gasteiger partial charge in [-0.2, -0.15) is 0 Å². The lowest BCUT2D eigenvalue weighted by molar-refractivity contribution is 0.0612. The van der Waals surface area contributed by atoms with Gasteiger partial charge >= 0.3 is 0 Å². The van der Waals surface area contributed by atoms with Crippen LogP contribution in [0.5, 0.6) is 0 Å². The van der Waals surface area contributed by atoms with E-state index in [4.69, 9.17) is 15.2 Å². The highest BCUT2D eigenvalue weighted by atomic mass is 19.1. The topological polar surface area (TPSA) is 44.5 Å². The van der Waals surface area contributed by atoms with Gasteiger partial charge in [-0.15, -0.1) is 0 Å². The summed E-state index contributed by atoms with van der Waals surface area (Å²) < 4.78 is 23.1. The lowest BCUT2D eigenvalue weighted by Crippen LogP contribution is -2.06. The molecule has 0 atom stereocenters. The van der Waals surface area contributed by atoms with E-state index < -0.39 is 0 Å². The van der Waals surface area contributed by atoms with Crippen LogP contribution in [0.3, 0.4) is 0 Å². The van der Waals surface area contributed by atoms with E-state index in [0.717, 1.165) is 11.1 Å². The van der Waals surface area contributed by atoms with Gasteiger partial charge in [0.05, 0.1) is 19.8 Å². The van der Waals surface area contributed by atoms with Gasteiger partial charge in [0.15, 0.2) is 0 Å². The van der Waals surface area contributed by atoms with Gasteiger partial charge in [0, 0.05) is 13.7 Å². The van der Waals surface area contributed by atoms with E-state index in [0.29, 0.717) is 26.4 Å². The minimum absolute atomic E-state index is 0.266. The van der Waals surface area contributed by atoms with E-state index in [1.807, 2.05) is 0 Å². The van der Waals surface area contributed by atoms with Crippen LogP contribution in [-0.2, 0) is 22.6 Å². The number of halogens is 1. The molecule has 3 nitrogen and oxygen atoms in total. The fraction of sp³-hybridized carbons (Fsp3) is 0.455. The van der Waals surface area contributed by atoms with Crippen molar-refractivity contribution >= 4 is 0 Å². The van der Waals surface area contributed by atoms with Crippen LogP contribution in [-0.4, -0.2) is 20.3 Å². The highest BCUT2D eigenvalue weighted by Crippen LogP contribution is 2.12. The van der Waals surface area contributed by atoms with Gasteiger partial charge in [0.1, 0.15) is 5.82 Å². The summed E-state index contributed by atoms with van der Waals surface area (Å²) in [5.41, 5.74) is 7.24. The smallest absolute Gasteiger partial charge is 0.123 e. The number of benzene rings is 1. The molecule has 0 heterocycles. The summed E-state index contributed by atoms with van der Waals surface area (Å²) in [6.45, 7) is 1.79. The molecule has 0 aliphatic heterocycles. The number of hydrogen-bond donors (Lipinski definition) is 1. The lowest BCUT2D eigenvalue weighted by Gasteiger charge is -2.08. The van der Waals surface area contributed by atoms with Gasteiger partial charge in [-0.1, -0.05) is 6.07 Å². The van der Waals surface area contributed by atoms with E-state index in [1.54, 1.807) is 13.2 Å². The van der Waals surface area contributed by atoms with Crippen molar-refractivity contribution in [1.29, 1.82) is 0 Å². The summed E-state index contributed by atoms with van der Waals surface area (Å²) in [7, 11) is 1.61. The molecular weight excluding hydrogens is 197 g/mol. The van der Waals surface area contributed by atoms with E-state index in [9.17, 15) is 4.39 Å². The Hall–Kier alpha value is -0.970. The van der Waals surface area contributed by atoms with Crippen LogP contribution in [0, 0.1) is 5.82 Å². The summed E-state index contributed by atoms with van der Waals surface area (Å²) in [6.07, 6.45) is 0. The van der Waals surface area contributed by atoms with Gasteiger partial charge < -0.3 is 15.2 Å². The molecule has 0 saturated carbocycles. The second-order valence-corrected chi connectivity index (χ2v) is 3.16. The second-order valence-electron chi connectivity index (χ2n) is 3.16. The highest BCUT2D eigenvalue weighted by Gasteiger charge is 2.02. The van der Waals surface area contributed by atoms with Crippen LogP contribution >= 0.6 is 0 Å². The molecule has 84 valence electrons. The van der Waals surface area contributed by atoms with Crippen molar-refractivity contribution in [2.45, 2.75) is 13.2 Å². The first-order valence-corrected chi connectivity index (χ1v) is 4.82. The minimum Gasteiger partial charge on any atom is -0.382 e. The quantitative estimate of drug-likeness (QED) is 0.727. The SMILES string of the molecule is COCCOCc1cc(F)ccc1CN. The highest BCUT2D eigenvalue weighted by molar-refractivity contribution is 5.27. The van der Waals surface area contributed by atoms with Gasteiger partial charge in [-0.3, -0.25) is 0 Å². The average Bonchev–Trinajstić information content (AvgIpc) is 2.25. The molecule has 0 aliphatic rings. The van der Waals surface area contributed by atoms with Gasteiger partial charge in [0.2, 0.25) is 0 Å². The molecule has 0 radical (unpaired) electrons. The Bertz CT molecular complexity index is 305. The van der Waals surface area contributed by atoms with Gasteiger partial charge in [-0.25, -0.2) is 4.39 Å². The molecule has 4 heteroatoms. The third-order valence-electron chi connectivity index (χ3n) is 2.08. The molecule has 0 aliphatic carbocycles. The van der Waals surface area contributed by atoms with Crippen LogP contribution in [0.4, 0.5) is 4.39 Å². The number of nitrogens with two attached hydrogens (primary N) is 1. The Morgan fingerprint density at radius 2 is 2.07 bits per heavy atom. The monoisotopic (exact) mass is 213 g/mol. The predicted molar refractivity (Wildman–Crippen MR) is 55.8 cm³/mol. The Labute approximate surface area is 89.0 Å². The summed E-state index contributed by atoms with van der Waals surface area (Å²) in [6, 6.07) is 4.54. The standard InChI is InChI=1S/C11H16FNO2/c1-14-4-5-15-8-10-6-11(12)3-2-9(10)7-13/h2-3,6H,4-5,7-8,13H2,1H3. The van der Waals surface area contributed by atoms with Crippen molar-refractivity contribution in [3.05, 3.63) is 35.1 Å². The molecule has 1 rings (SSSR count). The normalized spacial score (nSPS) is 10.6. The van der Waals surface area contributed by atoms with Crippen molar-refractivity contribution in [2.24, 2.45) is 5.73 Å². The van der Waals surface area contributed by atoms with Crippen molar-refractivity contribution < 1.29 is 13.9 Å². The maximum Gasteiger partial charge on any atom is 0.123 e. The molecule has 0 spiro atoms. The van der Waals surface area contributed by atoms with Crippen molar-refractivity contribution in [2.75, 3.05) is 20.3 Å². The second kappa shape index (κ2) is 6.50. The maximum atomic E-state index is 12.9. The molecule has 0 amide bonds. The molecule has 0 bridgehead atoms. The Morgan fingerprint density at radius 3 is 2.73 bits per heavy atom.